The Labute approximate surface area is 162 Å². The predicted octanol–water partition coefficient (Wildman–Crippen LogP) is 4.66. The van der Waals surface area contributed by atoms with Gasteiger partial charge in [-0.05, 0) is 36.8 Å². The number of alkyl halides is 6. The van der Waals surface area contributed by atoms with E-state index < -0.39 is 46.8 Å². The second-order valence-corrected chi connectivity index (χ2v) is 8.35. The Bertz CT molecular complexity index is 969. The van der Waals surface area contributed by atoms with Crippen molar-refractivity contribution in [3.05, 3.63) is 65.2 Å². The van der Waals surface area contributed by atoms with E-state index >= 15 is 0 Å². The molecule has 0 bridgehead atoms. The molecule has 0 unspecified atom stereocenters. The largest absolute Gasteiger partial charge is 0.416 e. The van der Waals surface area contributed by atoms with Gasteiger partial charge in [0.15, 0.2) is 6.23 Å². The van der Waals surface area contributed by atoms with E-state index in [1.54, 1.807) is 6.92 Å². The zero-order valence-electron chi connectivity index (χ0n) is 14.8. The molecule has 1 heterocycles. The fourth-order valence-electron chi connectivity index (χ4n) is 2.94. The normalized spacial score (nSPS) is 21.5. The van der Waals surface area contributed by atoms with Crippen molar-refractivity contribution in [1.82, 2.24) is 4.31 Å². The van der Waals surface area contributed by atoms with E-state index in [9.17, 15) is 34.8 Å². The number of benzene rings is 2. The third-order valence-corrected chi connectivity index (χ3v) is 6.32. The highest BCUT2D eigenvalue weighted by molar-refractivity contribution is 7.89. The average molecular weight is 439 g/mol. The van der Waals surface area contributed by atoms with Gasteiger partial charge in [-0.25, -0.2) is 8.42 Å². The molecule has 0 radical (unpaired) electrons. The van der Waals surface area contributed by atoms with Crippen molar-refractivity contribution in [2.75, 3.05) is 6.61 Å². The average Bonchev–Trinajstić information content (AvgIpc) is 3.08. The fraction of sp³-hybridized carbons (Fsp3) is 0.333. The van der Waals surface area contributed by atoms with Gasteiger partial charge in [0.05, 0.1) is 17.1 Å². The monoisotopic (exact) mass is 439 g/mol. The van der Waals surface area contributed by atoms with Crippen LogP contribution in [0.3, 0.4) is 0 Å². The zero-order valence-corrected chi connectivity index (χ0v) is 15.6. The Morgan fingerprint density at radius 2 is 1.48 bits per heavy atom. The van der Waals surface area contributed by atoms with Crippen LogP contribution in [0.15, 0.2) is 53.4 Å². The van der Waals surface area contributed by atoms with Crippen molar-refractivity contribution >= 4 is 10.0 Å². The summed E-state index contributed by atoms with van der Waals surface area (Å²) in [6, 6.07) is 5.86. The Kier molecular flexibility index (Phi) is 5.43. The first kappa shape index (κ1) is 21.6. The van der Waals surface area contributed by atoms with Crippen LogP contribution in [0.5, 0.6) is 0 Å². The molecule has 2 aromatic carbocycles. The Hall–Kier alpha value is -2.11. The summed E-state index contributed by atoms with van der Waals surface area (Å²) in [5.41, 5.74) is -0.451. The topological polar surface area (TPSA) is 46.6 Å². The Balaban J connectivity index is 2.06. The number of ether oxygens (including phenoxy) is 1. The minimum Gasteiger partial charge on any atom is -0.356 e. The first-order chi connectivity index (χ1) is 13.3. The molecule has 0 N–H and O–H groups in total. The maximum Gasteiger partial charge on any atom is 0.416 e. The quantitative estimate of drug-likeness (QED) is 0.654. The molecule has 0 amide bonds. The molecule has 1 saturated heterocycles. The van der Waals surface area contributed by atoms with Crippen molar-refractivity contribution in [3.8, 4) is 0 Å². The molecule has 0 saturated carbocycles. The highest BCUT2D eigenvalue weighted by Crippen LogP contribution is 2.42. The van der Waals surface area contributed by atoms with Crippen molar-refractivity contribution < 1.29 is 39.5 Å². The second kappa shape index (κ2) is 7.29. The van der Waals surface area contributed by atoms with Gasteiger partial charge in [-0.1, -0.05) is 29.8 Å². The summed E-state index contributed by atoms with van der Waals surface area (Å²) in [4.78, 5) is -0.375. The fourth-order valence-corrected chi connectivity index (χ4v) is 4.61. The zero-order chi connectivity index (χ0) is 21.6. The van der Waals surface area contributed by atoms with Crippen molar-refractivity contribution in [3.63, 3.8) is 0 Å². The van der Waals surface area contributed by atoms with E-state index in [1.807, 2.05) is 0 Å². The Morgan fingerprint density at radius 1 is 0.931 bits per heavy atom. The summed E-state index contributed by atoms with van der Waals surface area (Å²) in [5, 5.41) is 0. The maximum atomic E-state index is 13.5. The van der Waals surface area contributed by atoms with Gasteiger partial charge >= 0.3 is 12.4 Å². The van der Waals surface area contributed by atoms with Gasteiger partial charge in [0, 0.05) is 0 Å². The first-order valence-corrected chi connectivity index (χ1v) is 9.71. The van der Waals surface area contributed by atoms with Crippen LogP contribution < -0.4 is 0 Å². The lowest BCUT2D eigenvalue weighted by Crippen LogP contribution is -2.46. The summed E-state index contributed by atoms with van der Waals surface area (Å²) >= 11 is 0. The molecule has 3 rings (SSSR count). The van der Waals surface area contributed by atoms with E-state index in [1.165, 1.54) is 24.3 Å². The molecule has 1 aliphatic rings. The minimum absolute atomic E-state index is 0.138. The molecule has 1 fully saturated rings. The summed E-state index contributed by atoms with van der Waals surface area (Å²) in [7, 11) is -4.66. The van der Waals surface area contributed by atoms with Crippen LogP contribution in [0.1, 0.15) is 22.9 Å². The van der Waals surface area contributed by atoms with Crippen molar-refractivity contribution in [2.45, 2.75) is 36.4 Å². The molecule has 4 nitrogen and oxygen atoms in total. The van der Waals surface area contributed by atoms with Crippen LogP contribution in [-0.4, -0.2) is 31.5 Å². The molecule has 29 heavy (non-hydrogen) atoms. The summed E-state index contributed by atoms with van der Waals surface area (Å²) in [6.45, 7) is 0.708. The van der Waals surface area contributed by atoms with Crippen LogP contribution in [-0.2, 0) is 20.9 Å². The van der Waals surface area contributed by atoms with Gasteiger partial charge in [-0.3, -0.25) is 0 Å². The lowest BCUT2D eigenvalue weighted by Gasteiger charge is -2.28. The van der Waals surface area contributed by atoms with Crippen LogP contribution in [0.4, 0.5) is 26.3 Å². The van der Waals surface area contributed by atoms with Crippen LogP contribution >= 0.6 is 0 Å². The third-order valence-electron chi connectivity index (χ3n) is 4.45. The molecule has 0 aliphatic carbocycles. The minimum atomic E-state index is -4.93. The van der Waals surface area contributed by atoms with Crippen LogP contribution in [0.25, 0.3) is 0 Å². The highest BCUT2D eigenvalue weighted by atomic mass is 32.2. The van der Waals surface area contributed by atoms with E-state index in [0.29, 0.717) is 17.7 Å². The predicted molar refractivity (Wildman–Crippen MR) is 90.2 cm³/mol. The number of rotatable bonds is 3. The lowest BCUT2D eigenvalue weighted by atomic mass is 10.1. The Morgan fingerprint density at radius 3 is 1.97 bits per heavy atom. The van der Waals surface area contributed by atoms with Gasteiger partial charge in [-0.15, -0.1) is 0 Å². The molecule has 2 atom stereocenters. The number of aryl methyl sites for hydroxylation is 1. The van der Waals surface area contributed by atoms with Crippen LogP contribution in [0.2, 0.25) is 0 Å². The molecule has 1 aliphatic heterocycles. The number of sulfonamides is 1. The number of halogens is 6. The first-order valence-electron chi connectivity index (χ1n) is 8.27. The number of hydrogen-bond acceptors (Lipinski definition) is 3. The van der Waals surface area contributed by atoms with Gasteiger partial charge in [0.25, 0.3) is 0 Å². The van der Waals surface area contributed by atoms with Gasteiger partial charge in [0.1, 0.15) is 6.04 Å². The van der Waals surface area contributed by atoms with Crippen LogP contribution in [0, 0.1) is 6.92 Å². The highest BCUT2D eigenvalue weighted by Gasteiger charge is 2.56. The second-order valence-electron chi connectivity index (χ2n) is 6.51. The molecule has 11 heteroatoms. The van der Waals surface area contributed by atoms with E-state index in [2.05, 4.69) is 0 Å². The molecule has 0 spiro atoms. The van der Waals surface area contributed by atoms with Crippen molar-refractivity contribution in [1.29, 1.82) is 0 Å². The maximum absolute atomic E-state index is 13.5. The van der Waals surface area contributed by atoms with Gasteiger partial charge in [0.2, 0.25) is 10.0 Å². The summed E-state index contributed by atoms with van der Waals surface area (Å²) in [6.07, 6.45) is -11.3. The summed E-state index contributed by atoms with van der Waals surface area (Å²) < 4.78 is 110. The number of nitrogens with zero attached hydrogens (tertiary/aromatic N) is 1. The third kappa shape index (κ3) is 4.26. The van der Waals surface area contributed by atoms with E-state index in [0.717, 1.165) is 12.1 Å². The standard InChI is InChI=1S/C18H15F6NO3S/c1-11-2-8-14(9-3-11)29(26,27)25-15(18(22,23)24)10-28-16(25)12-4-6-13(7-5-12)17(19,20)21/h2-9,15-16H,10H2,1H3/t15-,16+/m0/s1. The van der Waals surface area contributed by atoms with Gasteiger partial charge < -0.3 is 4.74 Å². The van der Waals surface area contributed by atoms with Gasteiger partial charge in [-0.2, -0.15) is 30.6 Å². The van der Waals surface area contributed by atoms with Crippen molar-refractivity contribution in [2.24, 2.45) is 0 Å². The molecule has 158 valence electrons. The summed E-state index contributed by atoms with van der Waals surface area (Å²) in [5.74, 6) is 0. The van der Waals surface area contributed by atoms with E-state index in [-0.39, 0.29) is 14.8 Å². The molecule has 0 aromatic heterocycles. The van der Waals surface area contributed by atoms with E-state index in [4.69, 9.17) is 4.74 Å². The SMILES string of the molecule is Cc1ccc(S(=O)(=O)N2[C@@H](c3ccc(C(F)(F)F)cc3)OC[C@H]2C(F)(F)F)cc1. The number of hydrogen-bond donors (Lipinski definition) is 0. The molecular formula is C18H15F6NO3S. The smallest absolute Gasteiger partial charge is 0.356 e. The molecular weight excluding hydrogens is 424 g/mol. The lowest BCUT2D eigenvalue weighted by molar-refractivity contribution is -0.164. The molecule has 2 aromatic rings.